The molecule has 2 aromatic carbocycles. The van der Waals surface area contributed by atoms with Gasteiger partial charge in [-0.25, -0.2) is 9.79 Å². The molecule has 0 saturated heterocycles. The molecule has 1 aliphatic rings. The number of carbonyl (C=O) groups excluding carboxylic acids is 1. The van der Waals surface area contributed by atoms with Crippen molar-refractivity contribution >= 4 is 56.5 Å². The Morgan fingerprint density at radius 3 is 2.62 bits per heavy atom. The Bertz CT molecular complexity index is 970. The standard InChI is InChI=1S/C22H21BrINO4/c1-4-13(3)28-20-17(24)10-14(12-19(20)27-5-2)11-18-22(26)29-21(25-18)15-6-8-16(23)9-7-15/h6-13H,4-5H2,1-3H3/b18-11-. The summed E-state index contributed by atoms with van der Waals surface area (Å²) in [5, 5.41) is 0. The van der Waals surface area contributed by atoms with Crippen molar-refractivity contribution in [3.63, 3.8) is 0 Å². The number of benzene rings is 2. The highest BCUT2D eigenvalue weighted by Crippen LogP contribution is 2.36. The molecular formula is C22H21BrINO4. The summed E-state index contributed by atoms with van der Waals surface area (Å²) in [6.07, 6.45) is 2.67. The molecule has 0 spiro atoms. The molecule has 2 aromatic rings. The minimum absolute atomic E-state index is 0.0785. The van der Waals surface area contributed by atoms with Gasteiger partial charge in [0.05, 0.1) is 16.3 Å². The first-order valence-corrected chi connectivity index (χ1v) is 11.2. The SMILES string of the molecule is CCOc1cc(/C=C2\N=C(c3ccc(Br)cc3)OC2=O)cc(I)c1OC(C)CC. The van der Waals surface area contributed by atoms with E-state index < -0.39 is 5.97 Å². The minimum atomic E-state index is -0.476. The van der Waals surface area contributed by atoms with E-state index in [4.69, 9.17) is 14.2 Å². The van der Waals surface area contributed by atoms with Crippen molar-refractivity contribution in [2.75, 3.05) is 6.61 Å². The summed E-state index contributed by atoms with van der Waals surface area (Å²) in [7, 11) is 0. The van der Waals surface area contributed by atoms with E-state index in [0.29, 0.717) is 18.3 Å². The molecule has 1 aliphatic heterocycles. The molecule has 0 fully saturated rings. The van der Waals surface area contributed by atoms with Crippen molar-refractivity contribution < 1.29 is 19.0 Å². The van der Waals surface area contributed by atoms with E-state index in [1.165, 1.54) is 0 Å². The second kappa shape index (κ2) is 9.75. The van der Waals surface area contributed by atoms with E-state index in [9.17, 15) is 4.79 Å². The van der Waals surface area contributed by atoms with E-state index in [-0.39, 0.29) is 11.8 Å². The predicted molar refractivity (Wildman–Crippen MR) is 125 cm³/mol. The topological polar surface area (TPSA) is 57.1 Å². The first-order chi connectivity index (χ1) is 13.9. The van der Waals surface area contributed by atoms with Crippen molar-refractivity contribution in [3.8, 4) is 11.5 Å². The third kappa shape index (κ3) is 5.39. The third-order valence-electron chi connectivity index (χ3n) is 4.24. The molecule has 1 unspecified atom stereocenters. The first kappa shape index (κ1) is 21.8. The Morgan fingerprint density at radius 2 is 1.97 bits per heavy atom. The van der Waals surface area contributed by atoms with Crippen LogP contribution in [-0.4, -0.2) is 24.6 Å². The van der Waals surface area contributed by atoms with Gasteiger partial charge < -0.3 is 14.2 Å². The van der Waals surface area contributed by atoms with E-state index >= 15 is 0 Å². The zero-order valence-corrected chi connectivity index (χ0v) is 20.1. The molecule has 0 radical (unpaired) electrons. The maximum absolute atomic E-state index is 12.3. The van der Waals surface area contributed by atoms with Gasteiger partial charge >= 0.3 is 5.97 Å². The number of aliphatic imine (C=N–C) groups is 1. The highest BCUT2D eigenvalue weighted by molar-refractivity contribution is 14.1. The van der Waals surface area contributed by atoms with Crippen molar-refractivity contribution in [2.45, 2.75) is 33.3 Å². The molecule has 0 amide bonds. The van der Waals surface area contributed by atoms with E-state index in [1.54, 1.807) is 6.08 Å². The summed E-state index contributed by atoms with van der Waals surface area (Å²) in [6, 6.07) is 11.2. The summed E-state index contributed by atoms with van der Waals surface area (Å²) in [5.41, 5.74) is 1.78. The second-order valence-corrected chi connectivity index (χ2v) is 8.52. The van der Waals surface area contributed by atoms with Gasteiger partial charge in [0, 0.05) is 10.0 Å². The van der Waals surface area contributed by atoms with Crippen LogP contribution >= 0.6 is 38.5 Å². The zero-order valence-electron chi connectivity index (χ0n) is 16.4. The van der Waals surface area contributed by atoms with Crippen LogP contribution in [0.15, 0.2) is 51.6 Å². The van der Waals surface area contributed by atoms with Gasteiger partial charge in [0.15, 0.2) is 17.2 Å². The molecule has 7 heteroatoms. The molecular weight excluding hydrogens is 549 g/mol. The Kier molecular flexibility index (Phi) is 7.34. The van der Waals surface area contributed by atoms with Crippen molar-refractivity contribution in [3.05, 3.63) is 61.3 Å². The van der Waals surface area contributed by atoms with Gasteiger partial charge in [0.1, 0.15) is 0 Å². The number of rotatable bonds is 7. The fraction of sp³-hybridized carbons (Fsp3) is 0.273. The average molecular weight is 570 g/mol. The second-order valence-electron chi connectivity index (χ2n) is 6.44. The van der Waals surface area contributed by atoms with Crippen molar-refractivity contribution in [2.24, 2.45) is 4.99 Å². The van der Waals surface area contributed by atoms with Gasteiger partial charge in [-0.2, -0.15) is 0 Å². The first-order valence-electron chi connectivity index (χ1n) is 9.32. The number of cyclic esters (lactones) is 1. The lowest BCUT2D eigenvalue weighted by Gasteiger charge is -2.18. The fourth-order valence-electron chi connectivity index (χ4n) is 2.62. The lowest BCUT2D eigenvalue weighted by atomic mass is 10.1. The normalized spacial score (nSPS) is 15.8. The van der Waals surface area contributed by atoms with Gasteiger partial charge in [-0.15, -0.1) is 0 Å². The molecule has 0 aromatic heterocycles. The predicted octanol–water partition coefficient (Wildman–Crippen LogP) is 5.97. The lowest BCUT2D eigenvalue weighted by molar-refractivity contribution is -0.129. The molecule has 152 valence electrons. The summed E-state index contributed by atoms with van der Waals surface area (Å²) >= 11 is 5.61. The van der Waals surface area contributed by atoms with Crippen LogP contribution in [0.2, 0.25) is 0 Å². The fourth-order valence-corrected chi connectivity index (χ4v) is 3.63. The van der Waals surface area contributed by atoms with E-state index in [0.717, 1.165) is 31.3 Å². The zero-order chi connectivity index (χ0) is 21.0. The number of carbonyl (C=O) groups is 1. The van der Waals surface area contributed by atoms with Gasteiger partial charge in [0.25, 0.3) is 0 Å². The van der Waals surface area contributed by atoms with Crippen LogP contribution in [0.5, 0.6) is 11.5 Å². The quantitative estimate of drug-likeness (QED) is 0.234. The van der Waals surface area contributed by atoms with Crippen LogP contribution in [0, 0.1) is 3.57 Å². The molecule has 3 rings (SSSR count). The number of halogens is 2. The smallest absolute Gasteiger partial charge is 0.363 e. The van der Waals surface area contributed by atoms with Crippen LogP contribution in [-0.2, 0) is 9.53 Å². The lowest BCUT2D eigenvalue weighted by Crippen LogP contribution is -2.12. The highest BCUT2D eigenvalue weighted by Gasteiger charge is 2.24. The van der Waals surface area contributed by atoms with Gasteiger partial charge in [0.2, 0.25) is 5.90 Å². The number of ether oxygens (including phenoxy) is 3. The van der Waals surface area contributed by atoms with E-state index in [1.807, 2.05) is 50.2 Å². The van der Waals surface area contributed by atoms with E-state index in [2.05, 4.69) is 50.4 Å². The largest absolute Gasteiger partial charge is 0.490 e. The highest BCUT2D eigenvalue weighted by atomic mass is 127. The Hall–Kier alpha value is -1.87. The summed E-state index contributed by atoms with van der Waals surface area (Å²) in [5.74, 6) is 1.19. The third-order valence-corrected chi connectivity index (χ3v) is 5.57. The molecule has 0 bridgehead atoms. The van der Waals surface area contributed by atoms with Crippen molar-refractivity contribution in [1.29, 1.82) is 0 Å². The summed E-state index contributed by atoms with van der Waals surface area (Å²) in [6.45, 7) is 6.53. The molecule has 0 N–H and O–H groups in total. The maximum Gasteiger partial charge on any atom is 0.363 e. The molecule has 1 atom stereocenters. The molecule has 29 heavy (non-hydrogen) atoms. The van der Waals surface area contributed by atoms with Crippen LogP contribution < -0.4 is 9.47 Å². The van der Waals surface area contributed by atoms with Crippen LogP contribution in [0.4, 0.5) is 0 Å². The molecule has 0 aliphatic carbocycles. The number of hydrogen-bond acceptors (Lipinski definition) is 5. The maximum atomic E-state index is 12.3. The summed E-state index contributed by atoms with van der Waals surface area (Å²) in [4.78, 5) is 16.7. The number of hydrogen-bond donors (Lipinski definition) is 0. The molecule has 1 heterocycles. The molecule has 0 saturated carbocycles. The van der Waals surface area contributed by atoms with Crippen molar-refractivity contribution in [1.82, 2.24) is 0 Å². The monoisotopic (exact) mass is 569 g/mol. The Balaban J connectivity index is 1.94. The van der Waals surface area contributed by atoms with Gasteiger partial charge in [-0.1, -0.05) is 22.9 Å². The Labute approximate surface area is 192 Å². The van der Waals surface area contributed by atoms with Gasteiger partial charge in [-0.3, -0.25) is 0 Å². The van der Waals surface area contributed by atoms with Crippen LogP contribution in [0.25, 0.3) is 6.08 Å². The summed E-state index contributed by atoms with van der Waals surface area (Å²) < 4.78 is 19.0. The van der Waals surface area contributed by atoms with Crippen LogP contribution in [0.3, 0.4) is 0 Å². The Morgan fingerprint density at radius 1 is 1.24 bits per heavy atom. The van der Waals surface area contributed by atoms with Crippen LogP contribution in [0.1, 0.15) is 38.3 Å². The minimum Gasteiger partial charge on any atom is -0.490 e. The molecule has 5 nitrogen and oxygen atoms in total. The number of esters is 1. The average Bonchev–Trinajstić information content (AvgIpc) is 3.05. The number of nitrogens with zero attached hydrogens (tertiary/aromatic N) is 1. The van der Waals surface area contributed by atoms with Gasteiger partial charge in [-0.05, 0) is 90.9 Å².